The fourth-order valence-electron chi connectivity index (χ4n) is 3.42. The molecule has 3 rings (SSSR count). The molecule has 0 aliphatic carbocycles. The van der Waals surface area contributed by atoms with Crippen LogP contribution in [-0.4, -0.2) is 50.3 Å². The van der Waals surface area contributed by atoms with E-state index in [-0.39, 0.29) is 10.8 Å². The summed E-state index contributed by atoms with van der Waals surface area (Å²) in [6.07, 6.45) is 0.246. The lowest BCUT2D eigenvalue weighted by atomic mass is 9.99. The Morgan fingerprint density at radius 2 is 1.85 bits per heavy atom. The van der Waals surface area contributed by atoms with E-state index in [2.05, 4.69) is 10.9 Å². The molecule has 2 unspecified atom stereocenters. The average molecular weight is 496 g/mol. The Bertz CT molecular complexity index is 1070. The van der Waals surface area contributed by atoms with Crippen LogP contribution in [0, 0.1) is 12.8 Å². The predicted octanol–water partition coefficient (Wildman–Crippen LogP) is 2.47. The summed E-state index contributed by atoms with van der Waals surface area (Å²) in [6, 6.07) is 10.2. The molecule has 2 aromatic rings. The van der Waals surface area contributed by atoms with Crippen LogP contribution in [0.5, 0.6) is 11.5 Å². The standard InChI is InChI=1S/C22H29N3O6S2/c1-4-30-18-8-10-19(11-9-18)31-16(3)21(26)23-24-22(27)17-6-5-13-25(14-17)33(28,29)20-12-7-15(2)32-20/h7-12,16-17H,4-6,13-14H2,1-3H3,(H,23,26)(H,24,27). The summed E-state index contributed by atoms with van der Waals surface area (Å²) in [7, 11) is -3.64. The first-order valence-corrected chi connectivity index (χ1v) is 13.0. The van der Waals surface area contributed by atoms with Gasteiger partial charge in [0.1, 0.15) is 15.7 Å². The Morgan fingerprint density at radius 3 is 2.48 bits per heavy atom. The van der Waals surface area contributed by atoms with Crippen LogP contribution in [0.25, 0.3) is 0 Å². The largest absolute Gasteiger partial charge is 0.494 e. The molecule has 1 fully saturated rings. The molecule has 11 heteroatoms. The first kappa shape index (κ1) is 25.0. The van der Waals surface area contributed by atoms with E-state index in [4.69, 9.17) is 9.47 Å². The molecule has 33 heavy (non-hydrogen) atoms. The average Bonchev–Trinajstić information content (AvgIpc) is 3.26. The van der Waals surface area contributed by atoms with E-state index >= 15 is 0 Å². The minimum Gasteiger partial charge on any atom is -0.494 e. The predicted molar refractivity (Wildman–Crippen MR) is 125 cm³/mol. The maximum atomic E-state index is 12.9. The van der Waals surface area contributed by atoms with Gasteiger partial charge in [-0.3, -0.25) is 20.4 Å². The molecular weight excluding hydrogens is 466 g/mol. The van der Waals surface area contributed by atoms with Crippen LogP contribution in [0.15, 0.2) is 40.6 Å². The number of carbonyl (C=O) groups is 2. The topological polar surface area (TPSA) is 114 Å². The number of rotatable bonds is 8. The van der Waals surface area contributed by atoms with Crippen molar-refractivity contribution in [1.82, 2.24) is 15.2 Å². The zero-order valence-corrected chi connectivity index (χ0v) is 20.5. The minimum absolute atomic E-state index is 0.0687. The van der Waals surface area contributed by atoms with Crippen molar-refractivity contribution in [3.8, 4) is 11.5 Å². The summed E-state index contributed by atoms with van der Waals surface area (Å²) < 4.78 is 38.3. The molecule has 2 amide bonds. The maximum Gasteiger partial charge on any atom is 0.279 e. The van der Waals surface area contributed by atoms with Gasteiger partial charge < -0.3 is 9.47 Å². The van der Waals surface area contributed by atoms with Gasteiger partial charge in [-0.05, 0) is 70.0 Å². The van der Waals surface area contributed by atoms with Crippen molar-refractivity contribution >= 4 is 33.2 Å². The lowest BCUT2D eigenvalue weighted by Gasteiger charge is -2.30. The van der Waals surface area contributed by atoms with Crippen LogP contribution in [0.2, 0.25) is 0 Å². The van der Waals surface area contributed by atoms with E-state index in [1.807, 2.05) is 13.8 Å². The van der Waals surface area contributed by atoms with Crippen molar-refractivity contribution in [1.29, 1.82) is 0 Å². The van der Waals surface area contributed by atoms with E-state index in [0.717, 1.165) is 4.88 Å². The van der Waals surface area contributed by atoms with Crippen LogP contribution in [-0.2, 0) is 19.6 Å². The van der Waals surface area contributed by atoms with Gasteiger partial charge in [0.15, 0.2) is 6.10 Å². The number of nitrogens with one attached hydrogen (secondary N) is 2. The molecule has 1 aliphatic heterocycles. The lowest BCUT2D eigenvalue weighted by molar-refractivity contribution is -0.134. The minimum atomic E-state index is -3.64. The van der Waals surface area contributed by atoms with Gasteiger partial charge in [0.05, 0.1) is 12.5 Å². The Morgan fingerprint density at radius 1 is 1.15 bits per heavy atom. The van der Waals surface area contributed by atoms with Crippen LogP contribution in [0.4, 0.5) is 0 Å². The monoisotopic (exact) mass is 495 g/mol. The van der Waals surface area contributed by atoms with Gasteiger partial charge in [-0.15, -0.1) is 11.3 Å². The van der Waals surface area contributed by atoms with Gasteiger partial charge in [-0.1, -0.05) is 0 Å². The molecule has 180 valence electrons. The number of nitrogens with zero attached hydrogens (tertiary/aromatic N) is 1. The third-order valence-electron chi connectivity index (χ3n) is 5.19. The number of hydrazine groups is 1. The number of benzene rings is 1. The van der Waals surface area contributed by atoms with E-state index in [1.54, 1.807) is 43.3 Å². The number of hydrogen-bond acceptors (Lipinski definition) is 7. The van der Waals surface area contributed by atoms with E-state index in [1.165, 1.54) is 15.6 Å². The highest BCUT2D eigenvalue weighted by Crippen LogP contribution is 2.28. The summed E-state index contributed by atoms with van der Waals surface area (Å²) in [4.78, 5) is 25.8. The normalized spacial score (nSPS) is 17.7. The second kappa shape index (κ2) is 11.0. The summed E-state index contributed by atoms with van der Waals surface area (Å²) in [5, 5.41) is 0. The number of ether oxygens (including phenoxy) is 2. The first-order valence-electron chi connectivity index (χ1n) is 10.8. The number of piperidine rings is 1. The zero-order valence-electron chi connectivity index (χ0n) is 18.9. The van der Waals surface area contributed by atoms with Gasteiger partial charge in [0, 0.05) is 18.0 Å². The number of carbonyl (C=O) groups excluding carboxylic acids is 2. The third-order valence-corrected chi connectivity index (χ3v) is 8.52. The van der Waals surface area contributed by atoms with Crippen molar-refractivity contribution < 1.29 is 27.5 Å². The summed E-state index contributed by atoms with van der Waals surface area (Å²) >= 11 is 1.21. The van der Waals surface area contributed by atoms with E-state index in [9.17, 15) is 18.0 Å². The van der Waals surface area contributed by atoms with Gasteiger partial charge >= 0.3 is 0 Å². The van der Waals surface area contributed by atoms with Gasteiger partial charge in [-0.2, -0.15) is 4.31 Å². The Labute approximate surface area is 198 Å². The third kappa shape index (κ3) is 6.46. The fourth-order valence-corrected chi connectivity index (χ4v) is 6.38. The summed E-state index contributed by atoms with van der Waals surface area (Å²) in [5.41, 5.74) is 4.77. The lowest BCUT2D eigenvalue weighted by Crippen LogP contribution is -2.52. The molecule has 0 radical (unpaired) electrons. The first-order chi connectivity index (χ1) is 15.7. The maximum absolute atomic E-state index is 12.9. The Hall–Kier alpha value is -2.63. The van der Waals surface area contributed by atoms with Crippen molar-refractivity contribution in [2.75, 3.05) is 19.7 Å². The molecule has 0 saturated carbocycles. The molecule has 0 bridgehead atoms. The second-order valence-electron chi connectivity index (χ2n) is 7.71. The van der Waals surface area contributed by atoms with Crippen molar-refractivity contribution in [3.63, 3.8) is 0 Å². The van der Waals surface area contributed by atoms with E-state index in [0.29, 0.717) is 37.5 Å². The molecule has 9 nitrogen and oxygen atoms in total. The van der Waals surface area contributed by atoms with Crippen LogP contribution < -0.4 is 20.3 Å². The number of aryl methyl sites for hydroxylation is 1. The van der Waals surface area contributed by atoms with Crippen LogP contribution in [0.1, 0.15) is 31.6 Å². The quantitative estimate of drug-likeness (QED) is 0.544. The summed E-state index contributed by atoms with van der Waals surface area (Å²) in [6.45, 7) is 6.29. The number of sulfonamides is 1. The highest BCUT2D eigenvalue weighted by Gasteiger charge is 2.34. The van der Waals surface area contributed by atoms with Crippen molar-refractivity contribution in [3.05, 3.63) is 41.3 Å². The molecule has 1 aromatic heterocycles. The molecule has 2 N–H and O–H groups in total. The second-order valence-corrected chi connectivity index (χ2v) is 11.2. The number of hydrogen-bond donors (Lipinski definition) is 2. The van der Waals surface area contributed by atoms with Gasteiger partial charge in [0.2, 0.25) is 5.91 Å². The van der Waals surface area contributed by atoms with Crippen molar-refractivity contribution in [2.24, 2.45) is 5.92 Å². The number of amides is 2. The molecule has 0 spiro atoms. The van der Waals surface area contributed by atoms with Gasteiger partial charge in [-0.25, -0.2) is 8.42 Å². The fraction of sp³-hybridized carbons (Fsp3) is 0.455. The van der Waals surface area contributed by atoms with Crippen LogP contribution >= 0.6 is 11.3 Å². The highest BCUT2D eigenvalue weighted by molar-refractivity contribution is 7.91. The zero-order chi connectivity index (χ0) is 24.0. The molecule has 1 saturated heterocycles. The summed E-state index contributed by atoms with van der Waals surface area (Å²) in [5.74, 6) is -0.320. The van der Waals surface area contributed by atoms with Crippen LogP contribution in [0.3, 0.4) is 0 Å². The molecule has 1 aliphatic rings. The smallest absolute Gasteiger partial charge is 0.279 e. The highest BCUT2D eigenvalue weighted by atomic mass is 32.2. The van der Waals surface area contributed by atoms with E-state index < -0.39 is 33.9 Å². The Balaban J connectivity index is 1.50. The SMILES string of the molecule is CCOc1ccc(OC(C)C(=O)NNC(=O)C2CCCN(S(=O)(=O)c3ccc(C)s3)C2)cc1. The Kier molecular flexibility index (Phi) is 8.33. The molecule has 1 aromatic carbocycles. The number of thiophene rings is 1. The molecule has 2 heterocycles. The van der Waals surface area contributed by atoms with Crippen molar-refractivity contribution in [2.45, 2.75) is 43.9 Å². The molecule has 2 atom stereocenters. The molecular formula is C22H29N3O6S2. The van der Waals surface area contributed by atoms with Gasteiger partial charge in [0.25, 0.3) is 15.9 Å².